The molecule has 1 aliphatic heterocycles. The highest BCUT2D eigenvalue weighted by molar-refractivity contribution is 6.34. The van der Waals surface area contributed by atoms with Crippen molar-refractivity contribution in [3.63, 3.8) is 0 Å². The SMILES string of the molecule is CCOC(=O)CN1CCN(c2cc3c(cc2Cl)c(=O)c(C(=O)O)cn3CC)CC1. The van der Waals surface area contributed by atoms with Crippen molar-refractivity contribution in [3.8, 4) is 0 Å². The van der Waals surface area contributed by atoms with Crippen LogP contribution in [0, 0.1) is 0 Å². The van der Waals surface area contributed by atoms with E-state index in [2.05, 4.69) is 4.90 Å². The summed E-state index contributed by atoms with van der Waals surface area (Å²) in [6, 6.07) is 3.40. The topological polar surface area (TPSA) is 92.1 Å². The number of aromatic nitrogens is 1. The predicted octanol–water partition coefficient (Wildman–Crippen LogP) is 2.06. The molecular formula is C20H24ClN3O5. The number of benzene rings is 1. The lowest BCUT2D eigenvalue weighted by Crippen LogP contribution is -2.48. The van der Waals surface area contributed by atoms with Crippen molar-refractivity contribution >= 4 is 40.1 Å². The van der Waals surface area contributed by atoms with Gasteiger partial charge in [0.05, 0.1) is 29.4 Å². The van der Waals surface area contributed by atoms with Gasteiger partial charge in [0.2, 0.25) is 5.43 Å². The molecule has 0 bridgehead atoms. The van der Waals surface area contributed by atoms with E-state index in [1.807, 2.05) is 17.9 Å². The van der Waals surface area contributed by atoms with Crippen molar-refractivity contribution in [2.24, 2.45) is 0 Å². The molecule has 0 unspecified atom stereocenters. The van der Waals surface area contributed by atoms with Crippen molar-refractivity contribution < 1.29 is 19.4 Å². The van der Waals surface area contributed by atoms with Crippen LogP contribution in [-0.4, -0.2) is 65.8 Å². The van der Waals surface area contributed by atoms with E-state index in [1.165, 1.54) is 6.20 Å². The number of rotatable bonds is 6. The molecule has 1 aliphatic rings. The van der Waals surface area contributed by atoms with Crippen molar-refractivity contribution in [2.45, 2.75) is 20.4 Å². The molecule has 0 atom stereocenters. The number of aryl methyl sites for hydroxylation is 1. The molecule has 8 nitrogen and oxygen atoms in total. The number of aromatic carboxylic acids is 1. The van der Waals surface area contributed by atoms with Gasteiger partial charge in [-0.2, -0.15) is 0 Å². The zero-order chi connectivity index (χ0) is 21.1. The Morgan fingerprint density at radius 2 is 1.86 bits per heavy atom. The fourth-order valence-electron chi connectivity index (χ4n) is 3.59. The normalized spacial score (nSPS) is 14.9. The molecule has 1 N–H and O–H groups in total. The average Bonchev–Trinajstić information content (AvgIpc) is 2.69. The van der Waals surface area contributed by atoms with E-state index in [4.69, 9.17) is 16.3 Å². The molecule has 2 aromatic rings. The van der Waals surface area contributed by atoms with Gasteiger partial charge in [0, 0.05) is 44.3 Å². The lowest BCUT2D eigenvalue weighted by atomic mass is 10.1. The first kappa shape index (κ1) is 21.1. The summed E-state index contributed by atoms with van der Waals surface area (Å²) in [5.74, 6) is -1.48. The number of carbonyl (C=O) groups is 2. The molecule has 1 saturated heterocycles. The Kier molecular flexibility index (Phi) is 6.44. The highest BCUT2D eigenvalue weighted by Crippen LogP contribution is 2.31. The van der Waals surface area contributed by atoms with E-state index in [0.29, 0.717) is 55.3 Å². The highest BCUT2D eigenvalue weighted by atomic mass is 35.5. The summed E-state index contributed by atoms with van der Waals surface area (Å²) in [5, 5.41) is 10.00. The smallest absolute Gasteiger partial charge is 0.341 e. The van der Waals surface area contributed by atoms with Crippen molar-refractivity contribution in [2.75, 3.05) is 44.2 Å². The monoisotopic (exact) mass is 421 g/mol. The van der Waals surface area contributed by atoms with Gasteiger partial charge in [-0.05, 0) is 26.0 Å². The first-order valence-electron chi connectivity index (χ1n) is 9.58. The van der Waals surface area contributed by atoms with Gasteiger partial charge in [-0.25, -0.2) is 4.79 Å². The average molecular weight is 422 g/mol. The van der Waals surface area contributed by atoms with Crippen LogP contribution in [0.5, 0.6) is 0 Å². The van der Waals surface area contributed by atoms with Gasteiger partial charge in [0.15, 0.2) is 0 Å². The summed E-state index contributed by atoms with van der Waals surface area (Å²) in [6.07, 6.45) is 1.38. The maximum Gasteiger partial charge on any atom is 0.341 e. The maximum atomic E-state index is 12.6. The van der Waals surface area contributed by atoms with Crippen LogP contribution in [0.4, 0.5) is 5.69 Å². The van der Waals surface area contributed by atoms with Crippen molar-refractivity contribution in [1.82, 2.24) is 9.47 Å². The molecule has 0 spiro atoms. The first-order chi connectivity index (χ1) is 13.8. The quantitative estimate of drug-likeness (QED) is 0.713. The molecule has 1 fully saturated rings. The van der Waals surface area contributed by atoms with E-state index in [0.717, 1.165) is 5.69 Å². The van der Waals surface area contributed by atoms with Gasteiger partial charge in [0.25, 0.3) is 0 Å². The number of carboxylic acids is 1. The van der Waals surface area contributed by atoms with Gasteiger partial charge in [-0.15, -0.1) is 0 Å². The number of fused-ring (bicyclic) bond motifs is 1. The fraction of sp³-hybridized carbons (Fsp3) is 0.450. The third-order valence-corrected chi connectivity index (χ3v) is 5.39. The molecule has 0 aliphatic carbocycles. The lowest BCUT2D eigenvalue weighted by Gasteiger charge is -2.36. The first-order valence-corrected chi connectivity index (χ1v) is 9.96. The summed E-state index contributed by atoms with van der Waals surface area (Å²) >= 11 is 6.47. The second-order valence-electron chi connectivity index (χ2n) is 6.85. The Morgan fingerprint density at radius 3 is 2.45 bits per heavy atom. The number of pyridine rings is 1. The number of esters is 1. The molecule has 9 heteroatoms. The van der Waals surface area contributed by atoms with Gasteiger partial charge < -0.3 is 19.3 Å². The number of hydrogen-bond acceptors (Lipinski definition) is 6. The number of carbonyl (C=O) groups excluding carboxylic acids is 1. The summed E-state index contributed by atoms with van der Waals surface area (Å²) in [7, 11) is 0. The molecule has 1 aromatic heterocycles. The number of nitrogens with zero attached hydrogens (tertiary/aromatic N) is 3. The number of halogens is 1. The summed E-state index contributed by atoms with van der Waals surface area (Å²) in [5.41, 5.74) is 0.635. The molecule has 0 radical (unpaired) electrons. The Labute approximate surface area is 173 Å². The molecule has 156 valence electrons. The number of carboxylic acid groups (broad SMARTS) is 1. The van der Waals surface area contributed by atoms with Crippen molar-refractivity contribution in [1.29, 1.82) is 0 Å². The van der Waals surface area contributed by atoms with Crippen molar-refractivity contribution in [3.05, 3.63) is 39.1 Å². The van der Waals surface area contributed by atoms with E-state index >= 15 is 0 Å². The van der Waals surface area contributed by atoms with Gasteiger partial charge in [-0.3, -0.25) is 14.5 Å². The van der Waals surface area contributed by atoms with E-state index in [1.54, 1.807) is 17.6 Å². The van der Waals surface area contributed by atoms with E-state index in [9.17, 15) is 19.5 Å². The fourth-order valence-corrected chi connectivity index (χ4v) is 3.87. The van der Waals surface area contributed by atoms with Gasteiger partial charge >= 0.3 is 11.9 Å². The maximum absolute atomic E-state index is 12.6. The lowest BCUT2D eigenvalue weighted by molar-refractivity contribution is -0.144. The standard InChI is InChI=1S/C20H24ClN3O5/c1-3-23-11-14(20(27)28)19(26)13-9-15(21)17(10-16(13)23)24-7-5-22(6-8-24)12-18(25)29-4-2/h9-11H,3-8,12H2,1-2H3,(H,27,28). The third kappa shape index (κ3) is 4.38. The molecule has 0 amide bonds. The summed E-state index contributed by atoms with van der Waals surface area (Å²) in [6.45, 7) is 7.55. The summed E-state index contributed by atoms with van der Waals surface area (Å²) < 4.78 is 6.74. The number of anilines is 1. The van der Waals surface area contributed by atoms with Crippen LogP contribution in [0.3, 0.4) is 0 Å². The number of piperazine rings is 1. The minimum Gasteiger partial charge on any atom is -0.477 e. The number of ether oxygens (including phenoxy) is 1. The summed E-state index contributed by atoms with van der Waals surface area (Å²) in [4.78, 5) is 39.8. The van der Waals surface area contributed by atoms with Crippen LogP contribution in [0.1, 0.15) is 24.2 Å². The van der Waals surface area contributed by atoms with Gasteiger partial charge in [-0.1, -0.05) is 11.6 Å². The zero-order valence-corrected chi connectivity index (χ0v) is 17.2. The largest absolute Gasteiger partial charge is 0.477 e. The zero-order valence-electron chi connectivity index (χ0n) is 16.5. The molecular weight excluding hydrogens is 398 g/mol. The van der Waals surface area contributed by atoms with Crippen LogP contribution >= 0.6 is 11.6 Å². The van der Waals surface area contributed by atoms with E-state index < -0.39 is 11.4 Å². The predicted molar refractivity (Wildman–Crippen MR) is 111 cm³/mol. The Hall–Kier alpha value is -2.58. The molecule has 0 saturated carbocycles. The van der Waals surface area contributed by atoms with Crippen LogP contribution in [0.2, 0.25) is 5.02 Å². The Morgan fingerprint density at radius 1 is 1.17 bits per heavy atom. The number of hydrogen-bond donors (Lipinski definition) is 1. The minimum absolute atomic E-state index is 0.231. The van der Waals surface area contributed by atoms with Gasteiger partial charge in [0.1, 0.15) is 5.56 Å². The highest BCUT2D eigenvalue weighted by Gasteiger charge is 2.23. The second kappa shape index (κ2) is 8.84. The molecule has 3 rings (SSSR count). The molecule has 2 heterocycles. The Bertz CT molecular complexity index is 996. The van der Waals surface area contributed by atoms with Crippen LogP contribution < -0.4 is 10.3 Å². The Balaban J connectivity index is 1.89. The van der Waals surface area contributed by atoms with E-state index in [-0.39, 0.29) is 18.1 Å². The molecule has 1 aromatic carbocycles. The second-order valence-corrected chi connectivity index (χ2v) is 7.26. The van der Waals surface area contributed by atoms with Crippen LogP contribution in [-0.2, 0) is 16.1 Å². The van der Waals surface area contributed by atoms with Crippen LogP contribution in [0.25, 0.3) is 10.9 Å². The molecule has 29 heavy (non-hydrogen) atoms. The van der Waals surface area contributed by atoms with Crippen LogP contribution in [0.15, 0.2) is 23.1 Å². The minimum atomic E-state index is -1.25. The third-order valence-electron chi connectivity index (χ3n) is 5.09.